The molecule has 2 aliphatic rings. The molecule has 2 fully saturated rings. The van der Waals surface area contributed by atoms with E-state index >= 15 is 0 Å². The van der Waals surface area contributed by atoms with Gasteiger partial charge in [0.15, 0.2) is 0 Å². The highest BCUT2D eigenvalue weighted by atomic mass is 16.5. The van der Waals surface area contributed by atoms with Crippen LogP contribution < -0.4 is 10.2 Å². The average molecular weight is 501 g/mol. The molecule has 1 aliphatic carbocycles. The van der Waals surface area contributed by atoms with Crippen molar-refractivity contribution < 1.29 is 9.53 Å². The summed E-state index contributed by atoms with van der Waals surface area (Å²) in [5.74, 6) is 1.13. The van der Waals surface area contributed by atoms with Crippen LogP contribution in [0.3, 0.4) is 0 Å². The molecule has 2 N–H and O–H groups in total. The van der Waals surface area contributed by atoms with Gasteiger partial charge in [0, 0.05) is 68.8 Å². The van der Waals surface area contributed by atoms with Crippen LogP contribution in [0.2, 0.25) is 0 Å². The molecular weight excluding hydrogens is 464 g/mol. The Morgan fingerprint density at radius 2 is 2.05 bits per heavy atom. The van der Waals surface area contributed by atoms with Gasteiger partial charge in [-0.05, 0) is 37.8 Å². The molecule has 1 atom stereocenters. The summed E-state index contributed by atoms with van der Waals surface area (Å²) in [6.45, 7) is 6.91. The van der Waals surface area contributed by atoms with Crippen molar-refractivity contribution in [2.45, 2.75) is 51.6 Å². The number of nitrogens with zero attached hydrogens (tertiary/aromatic N) is 4. The summed E-state index contributed by atoms with van der Waals surface area (Å²) in [5.41, 5.74) is 5.14. The monoisotopic (exact) mass is 500 g/mol. The molecule has 1 aliphatic heterocycles. The summed E-state index contributed by atoms with van der Waals surface area (Å²) in [6, 6.07) is 12.5. The number of carbonyl (C=O) groups is 1. The number of methoxy groups -OCH3 is 1. The summed E-state index contributed by atoms with van der Waals surface area (Å²) < 4.78 is 5.07. The molecule has 1 amide bonds. The predicted molar refractivity (Wildman–Crippen MR) is 146 cm³/mol. The fraction of sp³-hybridized carbons (Fsp3) is 0.448. The molecule has 2 aromatic rings. The number of anilines is 1. The Morgan fingerprint density at radius 1 is 1.30 bits per heavy atom. The lowest BCUT2D eigenvalue weighted by Crippen LogP contribution is -2.54. The molecule has 1 saturated carbocycles. The molecule has 194 valence electrons. The number of benzene rings is 1. The molecule has 0 bridgehead atoms. The lowest BCUT2D eigenvalue weighted by Gasteiger charge is -2.41. The number of carbonyl (C=O) groups excluding carboxylic acids is 1. The molecule has 2 heterocycles. The third-order valence-corrected chi connectivity index (χ3v) is 7.15. The maximum atomic E-state index is 12.6. The number of amides is 1. The molecule has 37 heavy (non-hydrogen) atoms. The van der Waals surface area contributed by atoms with Gasteiger partial charge < -0.3 is 25.3 Å². The van der Waals surface area contributed by atoms with E-state index in [2.05, 4.69) is 28.4 Å². The van der Waals surface area contributed by atoms with Crippen LogP contribution >= 0.6 is 0 Å². The van der Waals surface area contributed by atoms with Gasteiger partial charge in [-0.2, -0.15) is 5.26 Å². The maximum Gasteiger partial charge on any atom is 0.225 e. The van der Waals surface area contributed by atoms with E-state index < -0.39 is 0 Å². The average Bonchev–Trinajstić information content (AvgIpc) is 3.76. The molecule has 0 spiro atoms. The van der Waals surface area contributed by atoms with E-state index in [0.29, 0.717) is 56.5 Å². The van der Waals surface area contributed by atoms with Crippen molar-refractivity contribution in [2.24, 2.45) is 0 Å². The van der Waals surface area contributed by atoms with Crippen LogP contribution in [0, 0.1) is 23.7 Å². The number of nitrogens with one attached hydrogen (secondary N) is 2. The lowest BCUT2D eigenvalue weighted by molar-refractivity contribution is -0.134. The summed E-state index contributed by atoms with van der Waals surface area (Å²) >= 11 is 0. The minimum absolute atomic E-state index is 0.00928. The van der Waals surface area contributed by atoms with Crippen molar-refractivity contribution in [2.75, 3.05) is 38.3 Å². The van der Waals surface area contributed by atoms with E-state index in [1.165, 1.54) is 6.21 Å². The van der Waals surface area contributed by atoms with Crippen LogP contribution in [0.15, 0.2) is 36.5 Å². The third kappa shape index (κ3) is 6.00. The van der Waals surface area contributed by atoms with E-state index in [9.17, 15) is 10.1 Å². The van der Waals surface area contributed by atoms with Crippen molar-refractivity contribution in [3.8, 4) is 6.07 Å². The second kappa shape index (κ2) is 12.0. The molecule has 0 radical (unpaired) electrons. The molecule has 8 nitrogen and oxygen atoms in total. The fourth-order valence-corrected chi connectivity index (χ4v) is 5.00. The smallest absolute Gasteiger partial charge is 0.225 e. The molecule has 1 aromatic carbocycles. The second-order valence-electron chi connectivity index (χ2n) is 9.82. The number of allylic oxidation sites excluding steroid dienone is 1. The number of pyridine rings is 1. The van der Waals surface area contributed by atoms with Crippen LogP contribution in [0.5, 0.6) is 0 Å². The topological polar surface area (TPSA) is 105 Å². The zero-order valence-corrected chi connectivity index (χ0v) is 22.0. The Kier molecular flexibility index (Phi) is 8.57. The normalized spacial score (nSPS) is 17.9. The molecule has 8 heteroatoms. The van der Waals surface area contributed by atoms with Gasteiger partial charge in [0.25, 0.3) is 0 Å². The van der Waals surface area contributed by atoms with E-state index in [1.807, 2.05) is 43.1 Å². The quantitative estimate of drug-likeness (QED) is 0.478. The Bertz CT molecular complexity index is 1200. The standard InChI is InChI=1S/C29H36N6O2/c1-20-19-34(12-13-35(20)26(36)11-14-37-3)29-25(16-31)21(2)27(28(33-29)23-9-10-23)24(15-30)18-32-17-22-7-5-4-6-8-22/h4-8,15,18,20,23,30,32H,9-14,17,19H2,1-3H3/b24-18+,30-15?/t20-/m1/s1. The minimum atomic E-state index is 0.00928. The van der Waals surface area contributed by atoms with Crippen LogP contribution in [0.1, 0.15) is 60.1 Å². The van der Waals surface area contributed by atoms with Gasteiger partial charge in [-0.25, -0.2) is 4.98 Å². The molecule has 4 rings (SSSR count). The summed E-state index contributed by atoms with van der Waals surface area (Å²) in [5, 5.41) is 21.7. The zero-order valence-electron chi connectivity index (χ0n) is 22.0. The maximum absolute atomic E-state index is 12.6. The first-order valence-corrected chi connectivity index (χ1v) is 12.9. The van der Waals surface area contributed by atoms with Crippen molar-refractivity contribution in [3.63, 3.8) is 0 Å². The van der Waals surface area contributed by atoms with Gasteiger partial charge in [-0.3, -0.25) is 4.79 Å². The van der Waals surface area contributed by atoms with Crippen molar-refractivity contribution in [3.05, 3.63) is 64.5 Å². The van der Waals surface area contributed by atoms with E-state index in [-0.39, 0.29) is 11.9 Å². The SMILES string of the molecule is COCCC(=O)N1CCN(c2nc(C3CC3)c(/C(C=N)=C/NCc3ccccc3)c(C)c2C#N)C[C@H]1C. The number of ether oxygens (including phenoxy) is 1. The van der Waals surface area contributed by atoms with Gasteiger partial charge in [-0.1, -0.05) is 30.3 Å². The van der Waals surface area contributed by atoms with Crippen LogP contribution in [-0.2, 0) is 16.1 Å². The number of nitriles is 1. The Hall–Kier alpha value is -3.70. The highest BCUT2D eigenvalue weighted by molar-refractivity contribution is 6.09. The first-order chi connectivity index (χ1) is 18.0. The van der Waals surface area contributed by atoms with E-state index in [0.717, 1.165) is 40.8 Å². The number of piperazine rings is 1. The Morgan fingerprint density at radius 3 is 2.68 bits per heavy atom. The summed E-state index contributed by atoms with van der Waals surface area (Å²) in [6.07, 6.45) is 5.71. The number of aromatic nitrogens is 1. The predicted octanol–water partition coefficient (Wildman–Crippen LogP) is 3.99. The van der Waals surface area contributed by atoms with Crippen molar-refractivity contribution in [1.29, 1.82) is 10.7 Å². The Balaban J connectivity index is 1.62. The lowest BCUT2D eigenvalue weighted by atomic mass is 9.94. The Labute approximate surface area is 219 Å². The summed E-state index contributed by atoms with van der Waals surface area (Å²) in [4.78, 5) is 21.7. The highest BCUT2D eigenvalue weighted by Crippen LogP contribution is 2.45. The third-order valence-electron chi connectivity index (χ3n) is 7.15. The van der Waals surface area contributed by atoms with Crippen LogP contribution in [0.25, 0.3) is 5.57 Å². The van der Waals surface area contributed by atoms with Gasteiger partial charge in [0.1, 0.15) is 11.9 Å². The first kappa shape index (κ1) is 26.4. The zero-order chi connectivity index (χ0) is 26.4. The van der Waals surface area contributed by atoms with Crippen LogP contribution in [-0.4, -0.2) is 61.4 Å². The molecule has 1 saturated heterocycles. The number of rotatable bonds is 10. The van der Waals surface area contributed by atoms with E-state index in [1.54, 1.807) is 7.11 Å². The molecular formula is C29H36N6O2. The highest BCUT2D eigenvalue weighted by Gasteiger charge is 2.34. The minimum Gasteiger partial charge on any atom is -0.386 e. The van der Waals surface area contributed by atoms with Gasteiger partial charge in [0.2, 0.25) is 5.91 Å². The van der Waals surface area contributed by atoms with Gasteiger partial charge in [0.05, 0.1) is 24.3 Å². The number of hydrogen-bond donors (Lipinski definition) is 2. The molecule has 0 unspecified atom stereocenters. The van der Waals surface area contributed by atoms with Crippen LogP contribution in [0.4, 0.5) is 5.82 Å². The van der Waals surface area contributed by atoms with E-state index in [4.69, 9.17) is 15.1 Å². The van der Waals surface area contributed by atoms with Crippen molar-refractivity contribution in [1.82, 2.24) is 15.2 Å². The van der Waals surface area contributed by atoms with Crippen molar-refractivity contribution >= 4 is 23.5 Å². The number of hydrogen-bond acceptors (Lipinski definition) is 7. The first-order valence-electron chi connectivity index (χ1n) is 12.9. The van der Waals surface area contributed by atoms with Gasteiger partial charge >= 0.3 is 0 Å². The largest absolute Gasteiger partial charge is 0.386 e. The molecule has 1 aromatic heterocycles. The summed E-state index contributed by atoms with van der Waals surface area (Å²) in [7, 11) is 1.60. The fourth-order valence-electron chi connectivity index (χ4n) is 5.00. The van der Waals surface area contributed by atoms with Gasteiger partial charge in [-0.15, -0.1) is 0 Å². The second-order valence-corrected chi connectivity index (χ2v) is 9.82.